The first-order chi connectivity index (χ1) is 12.0. The van der Waals surface area contributed by atoms with Crippen molar-refractivity contribution in [2.75, 3.05) is 13.2 Å². The lowest BCUT2D eigenvalue weighted by Gasteiger charge is -2.15. The van der Waals surface area contributed by atoms with Crippen LogP contribution in [-0.2, 0) is 7.05 Å². The van der Waals surface area contributed by atoms with Crippen molar-refractivity contribution in [2.45, 2.75) is 19.8 Å². The largest absolute Gasteiger partial charge is 0.493 e. The molecule has 0 N–H and O–H groups in total. The van der Waals surface area contributed by atoms with Crippen molar-refractivity contribution in [1.82, 2.24) is 4.57 Å². The van der Waals surface area contributed by atoms with E-state index in [0.29, 0.717) is 41.8 Å². The van der Waals surface area contributed by atoms with E-state index in [0.717, 1.165) is 12.8 Å². The van der Waals surface area contributed by atoms with Crippen LogP contribution < -0.4 is 15.0 Å². The Bertz CT molecular complexity index is 855. The maximum Gasteiger partial charge on any atom is 0.270 e. The molecular formula is C18H20N2O5. The molecule has 1 aromatic carbocycles. The van der Waals surface area contributed by atoms with Crippen LogP contribution in [0, 0.1) is 16.0 Å². The summed E-state index contributed by atoms with van der Waals surface area (Å²) in [5.41, 5.74) is 0.899. The van der Waals surface area contributed by atoms with Gasteiger partial charge in [0.05, 0.1) is 18.1 Å². The molecular weight excluding hydrogens is 324 g/mol. The summed E-state index contributed by atoms with van der Waals surface area (Å²) < 4.78 is 12.9. The van der Waals surface area contributed by atoms with Gasteiger partial charge in [0.1, 0.15) is 11.5 Å². The van der Waals surface area contributed by atoms with Gasteiger partial charge in [-0.3, -0.25) is 14.9 Å². The van der Waals surface area contributed by atoms with E-state index in [1.807, 2.05) is 6.92 Å². The number of nitro benzene ring substituents is 1. The van der Waals surface area contributed by atoms with E-state index >= 15 is 0 Å². The van der Waals surface area contributed by atoms with Crippen LogP contribution in [-0.4, -0.2) is 22.7 Å². The molecule has 1 fully saturated rings. The second-order valence-electron chi connectivity index (χ2n) is 6.13. The van der Waals surface area contributed by atoms with Crippen molar-refractivity contribution in [3.8, 4) is 22.6 Å². The molecule has 1 aliphatic carbocycles. The molecule has 1 aromatic heterocycles. The summed E-state index contributed by atoms with van der Waals surface area (Å²) in [7, 11) is 1.63. The fourth-order valence-corrected chi connectivity index (χ4v) is 2.55. The SMILES string of the molecule is CCOc1cc(=O)n(C)cc1-c1cc([N+](=O)[O-])ccc1OCC1CC1. The van der Waals surface area contributed by atoms with Gasteiger partial charge < -0.3 is 14.0 Å². The molecule has 0 aliphatic heterocycles. The zero-order valence-corrected chi connectivity index (χ0v) is 14.2. The summed E-state index contributed by atoms with van der Waals surface area (Å²) in [6, 6.07) is 5.89. The monoisotopic (exact) mass is 344 g/mol. The third kappa shape index (κ3) is 3.81. The van der Waals surface area contributed by atoms with Crippen molar-refractivity contribution < 1.29 is 14.4 Å². The predicted molar refractivity (Wildman–Crippen MR) is 93.2 cm³/mol. The Kier molecular flexibility index (Phi) is 4.74. The third-order valence-electron chi connectivity index (χ3n) is 4.13. The van der Waals surface area contributed by atoms with Gasteiger partial charge in [0.25, 0.3) is 11.2 Å². The highest BCUT2D eigenvalue weighted by Crippen LogP contribution is 2.39. The highest BCUT2D eigenvalue weighted by Gasteiger charge is 2.24. The van der Waals surface area contributed by atoms with Gasteiger partial charge in [-0.15, -0.1) is 0 Å². The van der Waals surface area contributed by atoms with E-state index in [-0.39, 0.29) is 11.2 Å². The molecule has 1 heterocycles. The fourth-order valence-electron chi connectivity index (χ4n) is 2.55. The summed E-state index contributed by atoms with van der Waals surface area (Å²) >= 11 is 0. The molecule has 0 radical (unpaired) electrons. The van der Waals surface area contributed by atoms with E-state index in [1.165, 1.54) is 22.8 Å². The zero-order valence-electron chi connectivity index (χ0n) is 14.2. The minimum absolute atomic E-state index is 0.0370. The molecule has 3 rings (SSSR count). The van der Waals surface area contributed by atoms with E-state index in [4.69, 9.17) is 9.47 Å². The minimum Gasteiger partial charge on any atom is -0.493 e. The van der Waals surface area contributed by atoms with Gasteiger partial charge in [-0.05, 0) is 31.7 Å². The molecule has 0 bridgehead atoms. The molecule has 132 valence electrons. The molecule has 25 heavy (non-hydrogen) atoms. The number of non-ortho nitro benzene ring substituents is 1. The van der Waals surface area contributed by atoms with Crippen molar-refractivity contribution >= 4 is 5.69 Å². The van der Waals surface area contributed by atoms with Crippen LogP contribution >= 0.6 is 0 Å². The van der Waals surface area contributed by atoms with E-state index < -0.39 is 4.92 Å². The number of nitrogens with zero attached hydrogens (tertiary/aromatic N) is 2. The van der Waals surface area contributed by atoms with Crippen LogP contribution in [0.3, 0.4) is 0 Å². The number of hydrogen-bond donors (Lipinski definition) is 0. The Morgan fingerprint density at radius 2 is 1.96 bits per heavy atom. The molecule has 0 amide bonds. The average molecular weight is 344 g/mol. The number of rotatable bonds is 7. The summed E-state index contributed by atoms with van der Waals surface area (Å²) in [6.45, 7) is 2.78. The van der Waals surface area contributed by atoms with Crippen molar-refractivity contribution in [2.24, 2.45) is 13.0 Å². The Morgan fingerprint density at radius 3 is 2.60 bits per heavy atom. The lowest BCUT2D eigenvalue weighted by molar-refractivity contribution is -0.384. The highest BCUT2D eigenvalue weighted by atomic mass is 16.6. The van der Waals surface area contributed by atoms with E-state index in [9.17, 15) is 14.9 Å². The smallest absolute Gasteiger partial charge is 0.270 e. The minimum atomic E-state index is -0.448. The van der Waals surface area contributed by atoms with Gasteiger partial charge in [0.15, 0.2) is 0 Å². The van der Waals surface area contributed by atoms with Crippen LogP contribution in [0.5, 0.6) is 11.5 Å². The molecule has 7 heteroatoms. The van der Waals surface area contributed by atoms with Gasteiger partial charge in [-0.2, -0.15) is 0 Å². The number of aromatic nitrogens is 1. The Hall–Kier alpha value is -2.83. The number of pyridine rings is 1. The molecule has 1 aliphatic rings. The number of hydrogen-bond acceptors (Lipinski definition) is 5. The fraction of sp³-hybridized carbons (Fsp3) is 0.389. The topological polar surface area (TPSA) is 83.6 Å². The molecule has 2 aromatic rings. The highest BCUT2D eigenvalue weighted by molar-refractivity contribution is 5.77. The van der Waals surface area contributed by atoms with Crippen LogP contribution in [0.4, 0.5) is 5.69 Å². The average Bonchev–Trinajstić information content (AvgIpc) is 3.40. The number of ether oxygens (including phenoxy) is 2. The van der Waals surface area contributed by atoms with Gasteiger partial charge in [0, 0.05) is 42.6 Å². The van der Waals surface area contributed by atoms with Crippen molar-refractivity contribution in [3.63, 3.8) is 0 Å². The second kappa shape index (κ2) is 6.96. The van der Waals surface area contributed by atoms with Crippen LogP contribution in [0.15, 0.2) is 35.3 Å². The number of nitro groups is 1. The van der Waals surface area contributed by atoms with Crippen LogP contribution in [0.25, 0.3) is 11.1 Å². The zero-order chi connectivity index (χ0) is 18.0. The van der Waals surface area contributed by atoms with Gasteiger partial charge in [0.2, 0.25) is 0 Å². The molecule has 1 saturated carbocycles. The first kappa shape index (κ1) is 17.0. The molecule has 0 unspecified atom stereocenters. The molecule has 0 atom stereocenters. The van der Waals surface area contributed by atoms with E-state index in [1.54, 1.807) is 19.3 Å². The number of aryl methyl sites for hydroxylation is 1. The lowest BCUT2D eigenvalue weighted by atomic mass is 10.0. The third-order valence-corrected chi connectivity index (χ3v) is 4.13. The van der Waals surface area contributed by atoms with Gasteiger partial charge >= 0.3 is 0 Å². The summed E-state index contributed by atoms with van der Waals surface area (Å²) in [6.07, 6.45) is 3.91. The maximum atomic E-state index is 11.9. The first-order valence-electron chi connectivity index (χ1n) is 8.24. The van der Waals surface area contributed by atoms with Crippen molar-refractivity contribution in [3.05, 3.63) is 50.9 Å². The van der Waals surface area contributed by atoms with Crippen LogP contribution in [0.1, 0.15) is 19.8 Å². The Balaban J connectivity index is 2.12. The quantitative estimate of drug-likeness (QED) is 0.569. The predicted octanol–water partition coefficient (Wildman–Crippen LogP) is 3.15. The normalized spacial score (nSPS) is 13.5. The van der Waals surface area contributed by atoms with Gasteiger partial charge in [-0.1, -0.05) is 0 Å². The lowest BCUT2D eigenvalue weighted by Crippen LogP contribution is -2.16. The Morgan fingerprint density at radius 1 is 1.20 bits per heavy atom. The molecule has 0 saturated heterocycles. The van der Waals surface area contributed by atoms with Crippen molar-refractivity contribution in [1.29, 1.82) is 0 Å². The first-order valence-corrected chi connectivity index (χ1v) is 8.24. The van der Waals surface area contributed by atoms with Crippen LogP contribution in [0.2, 0.25) is 0 Å². The Labute approximate surface area is 145 Å². The number of benzene rings is 1. The summed E-state index contributed by atoms with van der Waals surface area (Å²) in [5, 5.41) is 11.2. The molecule has 0 spiro atoms. The van der Waals surface area contributed by atoms with E-state index in [2.05, 4.69) is 0 Å². The standard InChI is InChI=1S/C18H20N2O5/c1-3-24-17-9-18(21)19(2)10-15(17)14-8-13(20(22)23)6-7-16(14)25-11-12-4-5-12/h6-10,12H,3-5,11H2,1-2H3. The second-order valence-corrected chi connectivity index (χ2v) is 6.13. The summed E-state index contributed by atoms with van der Waals surface area (Å²) in [5.74, 6) is 1.49. The molecule has 7 nitrogen and oxygen atoms in total. The van der Waals surface area contributed by atoms with Gasteiger partial charge in [-0.25, -0.2) is 0 Å². The summed E-state index contributed by atoms with van der Waals surface area (Å²) in [4.78, 5) is 22.7. The maximum absolute atomic E-state index is 11.9.